The highest BCUT2D eigenvalue weighted by Gasteiger charge is 2.31. The van der Waals surface area contributed by atoms with E-state index in [0.29, 0.717) is 23.9 Å². The molecule has 0 radical (unpaired) electrons. The summed E-state index contributed by atoms with van der Waals surface area (Å²) in [4.78, 5) is 10.9. The largest absolute Gasteiger partial charge is 0.573 e. The Balaban J connectivity index is 2.49. The van der Waals surface area contributed by atoms with Crippen LogP contribution in [0.15, 0.2) is 22.6 Å². The van der Waals surface area contributed by atoms with Gasteiger partial charge in [-0.2, -0.15) is 0 Å². The van der Waals surface area contributed by atoms with E-state index >= 15 is 0 Å². The van der Waals surface area contributed by atoms with Gasteiger partial charge in [0.05, 0.1) is 5.56 Å². The van der Waals surface area contributed by atoms with Gasteiger partial charge in [0.15, 0.2) is 6.29 Å². The molecule has 6 heteroatoms. The normalized spacial score (nSPS) is 11.8. The summed E-state index contributed by atoms with van der Waals surface area (Å²) >= 11 is 0. The molecule has 0 fully saturated rings. The fourth-order valence-corrected chi connectivity index (χ4v) is 1.85. The van der Waals surface area contributed by atoms with Gasteiger partial charge in [-0.3, -0.25) is 4.79 Å². The summed E-state index contributed by atoms with van der Waals surface area (Å²) in [5.41, 5.74) is 0.326. The fourth-order valence-electron chi connectivity index (χ4n) is 1.85. The van der Waals surface area contributed by atoms with Gasteiger partial charge in [-0.25, -0.2) is 0 Å². The van der Waals surface area contributed by atoms with Gasteiger partial charge in [-0.05, 0) is 24.6 Å². The maximum absolute atomic E-state index is 12.2. The summed E-state index contributed by atoms with van der Waals surface area (Å²) in [5, 5.41) is 0.423. The number of furan rings is 1. The zero-order valence-corrected chi connectivity index (χ0v) is 10.1. The highest BCUT2D eigenvalue weighted by molar-refractivity contribution is 5.96. The van der Waals surface area contributed by atoms with E-state index in [1.807, 2.05) is 6.92 Å². The standard InChI is InChI=1S/C13H11F3O3/c1-2-3-10-4-8-5-11(19-13(14,15)16)6-9(7-17)12(8)18-10/h4-7H,2-3H2,1H3. The number of rotatable bonds is 4. The molecule has 19 heavy (non-hydrogen) atoms. The third kappa shape index (κ3) is 3.07. The van der Waals surface area contributed by atoms with Gasteiger partial charge >= 0.3 is 6.36 Å². The molecule has 0 unspecified atom stereocenters. The molecule has 0 amide bonds. The van der Waals surface area contributed by atoms with Gasteiger partial charge in [0.1, 0.15) is 17.1 Å². The number of carbonyl (C=O) groups is 1. The van der Waals surface area contributed by atoms with Gasteiger partial charge in [0.25, 0.3) is 0 Å². The third-order valence-corrected chi connectivity index (χ3v) is 2.53. The molecular weight excluding hydrogens is 261 g/mol. The molecule has 0 spiro atoms. The van der Waals surface area contributed by atoms with Gasteiger partial charge in [0, 0.05) is 11.8 Å². The predicted molar refractivity (Wildman–Crippen MR) is 62.3 cm³/mol. The van der Waals surface area contributed by atoms with Crippen LogP contribution in [0.3, 0.4) is 0 Å². The number of halogens is 3. The predicted octanol–water partition coefficient (Wildman–Crippen LogP) is 4.10. The summed E-state index contributed by atoms with van der Waals surface area (Å²) < 4.78 is 45.8. The molecule has 0 saturated heterocycles. The van der Waals surface area contributed by atoms with Crippen molar-refractivity contribution in [1.29, 1.82) is 0 Å². The number of hydrogen-bond donors (Lipinski definition) is 0. The van der Waals surface area contributed by atoms with Crippen LogP contribution in [0.4, 0.5) is 13.2 Å². The topological polar surface area (TPSA) is 39.4 Å². The first-order valence-electron chi connectivity index (χ1n) is 5.70. The van der Waals surface area contributed by atoms with Crippen LogP contribution in [0.5, 0.6) is 5.75 Å². The zero-order valence-electron chi connectivity index (χ0n) is 10.1. The van der Waals surface area contributed by atoms with E-state index in [-0.39, 0.29) is 11.1 Å². The van der Waals surface area contributed by atoms with Gasteiger partial charge in [0.2, 0.25) is 0 Å². The van der Waals surface area contributed by atoms with Crippen LogP contribution in [-0.4, -0.2) is 12.6 Å². The minimum atomic E-state index is -4.79. The molecule has 2 rings (SSSR count). The van der Waals surface area contributed by atoms with E-state index in [2.05, 4.69) is 4.74 Å². The van der Waals surface area contributed by atoms with E-state index in [9.17, 15) is 18.0 Å². The molecule has 0 aliphatic rings. The van der Waals surface area contributed by atoms with Crippen LogP contribution in [0, 0.1) is 0 Å². The number of hydrogen-bond acceptors (Lipinski definition) is 3. The Morgan fingerprint density at radius 2 is 2.05 bits per heavy atom. The first kappa shape index (κ1) is 13.5. The first-order chi connectivity index (χ1) is 8.93. The number of alkyl halides is 3. The Bertz CT molecular complexity index is 599. The average Bonchev–Trinajstić information content (AvgIpc) is 2.68. The molecule has 1 aromatic carbocycles. The summed E-state index contributed by atoms with van der Waals surface area (Å²) in [6, 6.07) is 3.84. The smallest absolute Gasteiger partial charge is 0.460 e. The molecule has 2 aromatic rings. The maximum atomic E-state index is 12.2. The second-order valence-corrected chi connectivity index (χ2v) is 4.06. The summed E-state index contributed by atoms with van der Waals surface area (Å²) in [5.74, 6) is 0.204. The highest BCUT2D eigenvalue weighted by atomic mass is 19.4. The molecule has 0 bridgehead atoms. The second-order valence-electron chi connectivity index (χ2n) is 4.06. The first-order valence-corrected chi connectivity index (χ1v) is 5.70. The van der Waals surface area contributed by atoms with Crippen molar-refractivity contribution >= 4 is 17.3 Å². The van der Waals surface area contributed by atoms with Crippen LogP contribution >= 0.6 is 0 Å². The molecule has 3 nitrogen and oxygen atoms in total. The van der Waals surface area contributed by atoms with E-state index in [1.165, 1.54) is 6.07 Å². The van der Waals surface area contributed by atoms with Crippen molar-refractivity contribution in [3.63, 3.8) is 0 Å². The quantitative estimate of drug-likeness (QED) is 0.787. The van der Waals surface area contributed by atoms with Crippen molar-refractivity contribution in [3.05, 3.63) is 29.5 Å². The lowest BCUT2D eigenvalue weighted by atomic mass is 10.1. The molecule has 1 heterocycles. The zero-order chi connectivity index (χ0) is 14.0. The molecule has 0 aliphatic heterocycles. The van der Waals surface area contributed by atoms with Gasteiger partial charge < -0.3 is 9.15 Å². The average molecular weight is 272 g/mol. The van der Waals surface area contributed by atoms with E-state index in [0.717, 1.165) is 12.5 Å². The minimum absolute atomic E-state index is 0.0408. The Kier molecular flexibility index (Phi) is 3.50. The Morgan fingerprint density at radius 3 is 2.63 bits per heavy atom. The van der Waals surface area contributed by atoms with Gasteiger partial charge in [-0.1, -0.05) is 6.92 Å². The van der Waals surface area contributed by atoms with E-state index in [4.69, 9.17) is 4.42 Å². The van der Waals surface area contributed by atoms with Gasteiger partial charge in [-0.15, -0.1) is 13.2 Å². The van der Waals surface area contributed by atoms with Crippen molar-refractivity contribution < 1.29 is 27.1 Å². The maximum Gasteiger partial charge on any atom is 0.573 e. The summed E-state index contributed by atoms with van der Waals surface area (Å²) in [7, 11) is 0. The summed E-state index contributed by atoms with van der Waals surface area (Å²) in [6.45, 7) is 1.95. The van der Waals surface area contributed by atoms with Crippen molar-refractivity contribution in [1.82, 2.24) is 0 Å². The van der Waals surface area contributed by atoms with Crippen LogP contribution in [0.2, 0.25) is 0 Å². The van der Waals surface area contributed by atoms with Crippen LogP contribution < -0.4 is 4.74 Å². The summed E-state index contributed by atoms with van der Waals surface area (Å²) in [6.07, 6.45) is -2.85. The molecule has 1 aromatic heterocycles. The van der Waals surface area contributed by atoms with Crippen LogP contribution in [0.25, 0.3) is 11.0 Å². The third-order valence-electron chi connectivity index (χ3n) is 2.53. The molecule has 0 saturated carbocycles. The lowest BCUT2D eigenvalue weighted by Crippen LogP contribution is -2.17. The molecule has 0 N–H and O–H groups in total. The number of carbonyl (C=O) groups excluding carboxylic acids is 1. The monoisotopic (exact) mass is 272 g/mol. The second kappa shape index (κ2) is 4.95. The number of ether oxygens (including phenoxy) is 1. The van der Waals surface area contributed by atoms with Crippen LogP contribution in [0.1, 0.15) is 29.5 Å². The molecule has 102 valence electrons. The number of fused-ring (bicyclic) bond motifs is 1. The SMILES string of the molecule is CCCc1cc2cc(OC(F)(F)F)cc(C=O)c2o1. The van der Waals surface area contributed by atoms with Crippen molar-refractivity contribution in [2.24, 2.45) is 0 Å². The number of aldehydes is 1. The van der Waals surface area contributed by atoms with Crippen LogP contribution in [-0.2, 0) is 6.42 Å². The highest BCUT2D eigenvalue weighted by Crippen LogP contribution is 2.31. The minimum Gasteiger partial charge on any atom is -0.460 e. The molecular formula is C13H11F3O3. The van der Waals surface area contributed by atoms with E-state index < -0.39 is 12.1 Å². The Morgan fingerprint density at radius 1 is 1.32 bits per heavy atom. The Labute approximate surface area is 107 Å². The van der Waals surface area contributed by atoms with Crippen molar-refractivity contribution in [3.8, 4) is 5.75 Å². The fraction of sp³-hybridized carbons (Fsp3) is 0.308. The lowest BCUT2D eigenvalue weighted by Gasteiger charge is -2.09. The van der Waals surface area contributed by atoms with Crippen molar-refractivity contribution in [2.75, 3.05) is 0 Å². The Hall–Kier alpha value is -1.98. The lowest BCUT2D eigenvalue weighted by molar-refractivity contribution is -0.274. The van der Waals surface area contributed by atoms with Crippen molar-refractivity contribution in [2.45, 2.75) is 26.1 Å². The number of aryl methyl sites for hydroxylation is 1. The molecule has 0 atom stereocenters. The number of benzene rings is 1. The van der Waals surface area contributed by atoms with E-state index in [1.54, 1.807) is 6.07 Å². The molecule has 0 aliphatic carbocycles.